The molecule has 0 radical (unpaired) electrons. The second-order valence-electron chi connectivity index (χ2n) is 4.89. The number of nitriles is 1. The molecule has 1 aromatic carbocycles. The lowest BCUT2D eigenvalue weighted by atomic mass is 10.1. The van der Waals surface area contributed by atoms with Crippen LogP contribution >= 0.6 is 0 Å². The van der Waals surface area contributed by atoms with E-state index >= 15 is 0 Å². The SMILES string of the molecule is C[C@@H](OC(=O)OCc1ccccc1)[C@H](NC(=O)CCC#N)C(=O)O. The third kappa shape index (κ3) is 6.79. The van der Waals surface area contributed by atoms with Crippen molar-refractivity contribution in [2.75, 3.05) is 0 Å². The van der Waals surface area contributed by atoms with E-state index in [1.165, 1.54) is 6.92 Å². The summed E-state index contributed by atoms with van der Waals surface area (Å²) in [6.45, 7) is 1.31. The van der Waals surface area contributed by atoms with Crippen molar-refractivity contribution in [3.8, 4) is 6.07 Å². The van der Waals surface area contributed by atoms with Crippen LogP contribution in [-0.4, -0.2) is 35.3 Å². The Bertz CT molecular complexity index is 611. The predicted molar refractivity (Wildman–Crippen MR) is 81.6 cm³/mol. The minimum absolute atomic E-state index is 0.0152. The van der Waals surface area contributed by atoms with E-state index in [0.717, 1.165) is 5.56 Å². The number of ether oxygens (including phenoxy) is 2. The molecule has 128 valence electrons. The smallest absolute Gasteiger partial charge is 0.480 e. The zero-order valence-electron chi connectivity index (χ0n) is 13.1. The summed E-state index contributed by atoms with van der Waals surface area (Å²) >= 11 is 0. The van der Waals surface area contributed by atoms with Crippen LogP contribution < -0.4 is 5.32 Å². The van der Waals surface area contributed by atoms with Crippen LogP contribution in [0.3, 0.4) is 0 Å². The second-order valence-corrected chi connectivity index (χ2v) is 4.89. The van der Waals surface area contributed by atoms with Gasteiger partial charge in [0.25, 0.3) is 0 Å². The van der Waals surface area contributed by atoms with Crippen LogP contribution in [0.4, 0.5) is 4.79 Å². The van der Waals surface area contributed by atoms with Gasteiger partial charge < -0.3 is 19.9 Å². The Hall–Kier alpha value is -3.08. The number of benzene rings is 1. The van der Waals surface area contributed by atoms with Gasteiger partial charge in [0.2, 0.25) is 5.91 Å². The highest BCUT2D eigenvalue weighted by Gasteiger charge is 2.29. The van der Waals surface area contributed by atoms with E-state index in [4.69, 9.17) is 19.8 Å². The van der Waals surface area contributed by atoms with Crippen molar-refractivity contribution in [3.05, 3.63) is 35.9 Å². The molecule has 0 bridgehead atoms. The van der Waals surface area contributed by atoms with Gasteiger partial charge in [0.05, 0.1) is 6.07 Å². The number of carboxylic acid groups (broad SMARTS) is 1. The van der Waals surface area contributed by atoms with Crippen LogP contribution in [-0.2, 0) is 25.7 Å². The highest BCUT2D eigenvalue weighted by Crippen LogP contribution is 2.06. The Morgan fingerprint density at radius 3 is 2.54 bits per heavy atom. The summed E-state index contributed by atoms with van der Waals surface area (Å²) in [5, 5.41) is 19.7. The molecule has 0 aliphatic carbocycles. The number of hydrogen-bond acceptors (Lipinski definition) is 6. The lowest BCUT2D eigenvalue weighted by Crippen LogP contribution is -2.49. The molecule has 0 fully saturated rings. The molecule has 2 atom stereocenters. The maximum absolute atomic E-state index is 11.6. The molecule has 0 aromatic heterocycles. The van der Waals surface area contributed by atoms with E-state index in [9.17, 15) is 14.4 Å². The van der Waals surface area contributed by atoms with E-state index < -0.39 is 30.2 Å². The van der Waals surface area contributed by atoms with Crippen LogP contribution in [0.1, 0.15) is 25.3 Å². The largest absolute Gasteiger partial charge is 0.508 e. The van der Waals surface area contributed by atoms with Gasteiger partial charge in [-0.3, -0.25) is 4.79 Å². The monoisotopic (exact) mass is 334 g/mol. The summed E-state index contributed by atoms with van der Waals surface area (Å²) in [6, 6.07) is 9.24. The van der Waals surface area contributed by atoms with Crippen LogP contribution in [0.15, 0.2) is 30.3 Å². The molecule has 0 spiro atoms. The van der Waals surface area contributed by atoms with Gasteiger partial charge in [-0.25, -0.2) is 9.59 Å². The lowest BCUT2D eigenvalue weighted by molar-refractivity contribution is -0.145. The number of carbonyl (C=O) groups excluding carboxylic acids is 2. The summed E-state index contributed by atoms with van der Waals surface area (Å²) < 4.78 is 9.77. The van der Waals surface area contributed by atoms with Gasteiger partial charge in [0, 0.05) is 12.8 Å². The number of rotatable bonds is 8. The Balaban J connectivity index is 2.50. The van der Waals surface area contributed by atoms with Crippen LogP contribution in [0, 0.1) is 11.3 Å². The average Bonchev–Trinajstić information content (AvgIpc) is 2.56. The minimum Gasteiger partial charge on any atom is -0.480 e. The summed E-state index contributed by atoms with van der Waals surface area (Å²) in [4.78, 5) is 34.3. The van der Waals surface area contributed by atoms with Crippen molar-refractivity contribution in [3.63, 3.8) is 0 Å². The number of carboxylic acids is 1. The Morgan fingerprint density at radius 2 is 1.96 bits per heavy atom. The molecule has 1 amide bonds. The molecule has 8 heteroatoms. The third-order valence-corrected chi connectivity index (χ3v) is 3.00. The normalized spacial score (nSPS) is 12.3. The van der Waals surface area contributed by atoms with Crippen LogP contribution in [0.2, 0.25) is 0 Å². The molecule has 1 rings (SSSR count). The van der Waals surface area contributed by atoms with Crippen molar-refractivity contribution in [1.82, 2.24) is 5.32 Å². The highest BCUT2D eigenvalue weighted by molar-refractivity contribution is 5.84. The summed E-state index contributed by atoms with van der Waals surface area (Å²) in [6.07, 6.45) is -2.35. The van der Waals surface area contributed by atoms with E-state index in [-0.39, 0.29) is 19.4 Å². The molecule has 0 aliphatic rings. The van der Waals surface area contributed by atoms with Crippen molar-refractivity contribution in [2.24, 2.45) is 0 Å². The molecule has 8 nitrogen and oxygen atoms in total. The van der Waals surface area contributed by atoms with Gasteiger partial charge in [-0.2, -0.15) is 5.26 Å². The lowest BCUT2D eigenvalue weighted by Gasteiger charge is -2.21. The topological polar surface area (TPSA) is 126 Å². The van der Waals surface area contributed by atoms with Gasteiger partial charge in [-0.05, 0) is 12.5 Å². The first-order valence-electron chi connectivity index (χ1n) is 7.20. The van der Waals surface area contributed by atoms with Crippen molar-refractivity contribution >= 4 is 18.0 Å². The predicted octanol–water partition coefficient (Wildman–Crippen LogP) is 1.60. The first-order valence-corrected chi connectivity index (χ1v) is 7.20. The zero-order chi connectivity index (χ0) is 17.9. The van der Waals surface area contributed by atoms with Crippen LogP contribution in [0.25, 0.3) is 0 Å². The van der Waals surface area contributed by atoms with Gasteiger partial charge in [0.1, 0.15) is 12.7 Å². The second kappa shape index (κ2) is 9.84. The number of aliphatic carboxylic acids is 1. The van der Waals surface area contributed by atoms with Crippen molar-refractivity contribution in [2.45, 2.75) is 38.5 Å². The number of nitrogens with zero attached hydrogens (tertiary/aromatic N) is 1. The van der Waals surface area contributed by atoms with Crippen molar-refractivity contribution in [1.29, 1.82) is 5.26 Å². The van der Waals surface area contributed by atoms with Crippen LogP contribution in [0.5, 0.6) is 0 Å². The number of carbonyl (C=O) groups is 3. The fourth-order valence-electron chi connectivity index (χ4n) is 1.77. The number of nitrogens with one attached hydrogen (secondary N) is 1. The standard InChI is InChI=1S/C16H18N2O6/c1-11(14(15(20)21)18-13(19)8-5-9-17)24-16(22)23-10-12-6-3-2-4-7-12/h2-4,6-7,11,14H,5,8,10H2,1H3,(H,18,19)(H,20,21)/t11-,14+/m1/s1. The average molecular weight is 334 g/mol. The Morgan fingerprint density at radius 1 is 1.29 bits per heavy atom. The number of amides is 1. The summed E-state index contributed by atoms with van der Waals surface area (Å²) in [5.41, 5.74) is 0.752. The molecule has 1 aromatic rings. The van der Waals surface area contributed by atoms with E-state index in [1.54, 1.807) is 30.3 Å². The minimum atomic E-state index is -1.43. The van der Waals surface area contributed by atoms with E-state index in [2.05, 4.69) is 5.32 Å². The molecular formula is C16H18N2O6. The maximum Gasteiger partial charge on any atom is 0.508 e. The first kappa shape index (κ1) is 19.0. The Kier molecular flexibility index (Phi) is 7.78. The molecular weight excluding hydrogens is 316 g/mol. The van der Waals surface area contributed by atoms with E-state index in [1.807, 2.05) is 6.07 Å². The van der Waals surface area contributed by atoms with Crippen molar-refractivity contribution < 1.29 is 29.0 Å². The highest BCUT2D eigenvalue weighted by atomic mass is 16.7. The fraction of sp³-hybridized carbons (Fsp3) is 0.375. The van der Waals surface area contributed by atoms with Gasteiger partial charge >= 0.3 is 12.1 Å². The first-order chi connectivity index (χ1) is 11.4. The Labute approximate surface area is 139 Å². The molecule has 0 aliphatic heterocycles. The quantitative estimate of drug-likeness (QED) is 0.691. The summed E-state index contributed by atoms with van der Waals surface area (Å²) in [7, 11) is 0. The molecule has 0 saturated carbocycles. The van der Waals surface area contributed by atoms with Gasteiger partial charge in [-0.1, -0.05) is 30.3 Å². The molecule has 0 saturated heterocycles. The fourth-order valence-corrected chi connectivity index (χ4v) is 1.77. The molecule has 0 unspecified atom stereocenters. The molecule has 2 N–H and O–H groups in total. The van der Waals surface area contributed by atoms with Gasteiger partial charge in [0.15, 0.2) is 6.04 Å². The maximum atomic E-state index is 11.6. The zero-order valence-corrected chi connectivity index (χ0v) is 13.1. The third-order valence-electron chi connectivity index (χ3n) is 3.00. The molecule has 0 heterocycles. The molecule has 24 heavy (non-hydrogen) atoms. The summed E-state index contributed by atoms with van der Waals surface area (Å²) in [5.74, 6) is -1.97. The van der Waals surface area contributed by atoms with E-state index in [0.29, 0.717) is 0 Å². The number of hydrogen-bond donors (Lipinski definition) is 2. The van der Waals surface area contributed by atoms with Gasteiger partial charge in [-0.15, -0.1) is 0 Å².